The van der Waals surface area contributed by atoms with Crippen molar-refractivity contribution in [2.45, 2.75) is 46.1 Å². The minimum atomic E-state index is 1.03. The lowest BCUT2D eigenvalue weighted by Crippen LogP contribution is -2.34. The molecule has 1 saturated heterocycles. The number of benzene rings is 1. The van der Waals surface area contributed by atoms with Crippen molar-refractivity contribution in [2.24, 2.45) is 11.8 Å². The smallest absolute Gasteiger partial charge is 0.0487 e. The highest BCUT2D eigenvalue weighted by Gasteiger charge is 2.33. The molecule has 0 unspecified atom stereocenters. The van der Waals surface area contributed by atoms with Gasteiger partial charge in [-0.3, -0.25) is 4.90 Å². The van der Waals surface area contributed by atoms with Crippen LogP contribution in [-0.2, 0) is 6.54 Å². The van der Waals surface area contributed by atoms with Gasteiger partial charge in [0.15, 0.2) is 0 Å². The summed E-state index contributed by atoms with van der Waals surface area (Å²) in [5.41, 5.74) is 5.66. The number of fused-ring (bicyclic) bond motifs is 1. The first-order chi connectivity index (χ1) is 10.2. The van der Waals surface area contributed by atoms with Crippen molar-refractivity contribution in [3.63, 3.8) is 0 Å². The van der Waals surface area contributed by atoms with Crippen molar-refractivity contribution in [1.82, 2.24) is 9.88 Å². The molecule has 2 aliphatic rings. The summed E-state index contributed by atoms with van der Waals surface area (Å²) in [5.74, 6) is 2.12. The average molecular weight is 282 g/mol. The van der Waals surface area contributed by atoms with E-state index >= 15 is 0 Å². The fraction of sp³-hybridized carbons (Fsp3) is 0.579. The minimum absolute atomic E-state index is 1.03. The van der Waals surface area contributed by atoms with Gasteiger partial charge in [-0.25, -0.2) is 0 Å². The van der Waals surface area contributed by atoms with Crippen molar-refractivity contribution in [1.29, 1.82) is 0 Å². The molecule has 2 fully saturated rings. The van der Waals surface area contributed by atoms with Gasteiger partial charge in [0.25, 0.3) is 0 Å². The molecule has 1 aliphatic carbocycles. The maximum Gasteiger partial charge on any atom is 0.0487 e. The summed E-state index contributed by atoms with van der Waals surface area (Å²) in [6, 6.07) is 4.59. The van der Waals surface area contributed by atoms with E-state index in [-0.39, 0.29) is 0 Å². The Labute approximate surface area is 127 Å². The first kappa shape index (κ1) is 13.4. The molecule has 1 N–H and O–H groups in total. The van der Waals surface area contributed by atoms with E-state index in [2.05, 4.69) is 42.1 Å². The van der Waals surface area contributed by atoms with Crippen LogP contribution in [0.3, 0.4) is 0 Å². The largest absolute Gasteiger partial charge is 0.361 e. The predicted octanol–water partition coefficient (Wildman–Crippen LogP) is 4.41. The highest BCUT2D eigenvalue weighted by atomic mass is 15.1. The summed E-state index contributed by atoms with van der Waals surface area (Å²) in [6.45, 7) is 8.18. The van der Waals surface area contributed by atoms with Crippen molar-refractivity contribution < 1.29 is 0 Å². The lowest BCUT2D eigenvalue weighted by molar-refractivity contribution is 0.166. The SMILES string of the molecule is Cc1cc(C)c2[nH]ccc2c1CN1CCC(C2CC2)CC1. The second-order valence-electron chi connectivity index (χ2n) is 7.21. The van der Waals surface area contributed by atoms with Crippen molar-refractivity contribution in [2.75, 3.05) is 13.1 Å². The minimum Gasteiger partial charge on any atom is -0.361 e. The Hall–Kier alpha value is -1.28. The molecule has 2 heterocycles. The normalized spacial score (nSPS) is 21.2. The molecule has 4 rings (SSSR count). The van der Waals surface area contributed by atoms with Crippen LogP contribution >= 0.6 is 0 Å². The molecule has 21 heavy (non-hydrogen) atoms. The monoisotopic (exact) mass is 282 g/mol. The molecule has 2 nitrogen and oxygen atoms in total. The predicted molar refractivity (Wildman–Crippen MR) is 88.5 cm³/mol. The van der Waals surface area contributed by atoms with Crippen LogP contribution in [0.15, 0.2) is 18.3 Å². The van der Waals surface area contributed by atoms with E-state index < -0.39 is 0 Å². The quantitative estimate of drug-likeness (QED) is 0.883. The molecule has 112 valence electrons. The van der Waals surface area contributed by atoms with Gasteiger partial charge in [0.1, 0.15) is 0 Å². The average Bonchev–Trinajstić information content (AvgIpc) is 3.21. The van der Waals surface area contributed by atoms with Crippen LogP contribution in [0.4, 0.5) is 0 Å². The zero-order valence-electron chi connectivity index (χ0n) is 13.3. The highest BCUT2D eigenvalue weighted by molar-refractivity contribution is 5.86. The maximum atomic E-state index is 3.40. The summed E-state index contributed by atoms with van der Waals surface area (Å²) >= 11 is 0. The number of aromatic nitrogens is 1. The summed E-state index contributed by atoms with van der Waals surface area (Å²) in [7, 11) is 0. The van der Waals surface area contributed by atoms with Crippen LogP contribution in [-0.4, -0.2) is 23.0 Å². The Morgan fingerprint density at radius 1 is 1.05 bits per heavy atom. The molecule has 0 amide bonds. The fourth-order valence-corrected chi connectivity index (χ4v) is 4.23. The van der Waals surface area contributed by atoms with E-state index in [1.54, 1.807) is 0 Å². The zero-order chi connectivity index (χ0) is 14.4. The molecule has 1 aliphatic heterocycles. The molecule has 2 heteroatoms. The Balaban J connectivity index is 1.53. The molecular weight excluding hydrogens is 256 g/mol. The number of aryl methyl sites for hydroxylation is 2. The lowest BCUT2D eigenvalue weighted by Gasteiger charge is -2.32. The second-order valence-corrected chi connectivity index (χ2v) is 7.21. The second kappa shape index (κ2) is 5.17. The molecule has 1 aromatic carbocycles. The Bertz CT molecular complexity index is 643. The number of hydrogen-bond donors (Lipinski definition) is 1. The van der Waals surface area contributed by atoms with Crippen LogP contribution in [0.1, 0.15) is 42.4 Å². The highest BCUT2D eigenvalue weighted by Crippen LogP contribution is 2.42. The molecular formula is C19H26N2. The first-order valence-electron chi connectivity index (χ1n) is 8.51. The molecule has 0 spiro atoms. The van der Waals surface area contributed by atoms with Gasteiger partial charge < -0.3 is 4.98 Å². The van der Waals surface area contributed by atoms with Crippen LogP contribution in [0.25, 0.3) is 10.9 Å². The van der Waals surface area contributed by atoms with Crippen LogP contribution < -0.4 is 0 Å². The number of piperidine rings is 1. The zero-order valence-corrected chi connectivity index (χ0v) is 13.3. The van der Waals surface area contributed by atoms with E-state index in [4.69, 9.17) is 0 Å². The molecule has 1 saturated carbocycles. The van der Waals surface area contributed by atoms with E-state index in [1.807, 2.05) is 0 Å². The van der Waals surface area contributed by atoms with Crippen LogP contribution in [0.2, 0.25) is 0 Å². The standard InChI is InChI=1S/C19H26N2/c1-13-11-14(2)19-17(5-8-20-19)18(13)12-21-9-6-16(7-10-21)15-3-4-15/h5,8,11,15-16,20H,3-4,6-7,9-10,12H2,1-2H3. The molecule has 1 aromatic heterocycles. The summed E-state index contributed by atoms with van der Waals surface area (Å²) < 4.78 is 0. The van der Waals surface area contributed by atoms with E-state index in [0.29, 0.717) is 0 Å². The number of hydrogen-bond acceptors (Lipinski definition) is 1. The lowest BCUT2D eigenvalue weighted by atomic mass is 9.91. The van der Waals surface area contributed by atoms with Gasteiger partial charge in [0.05, 0.1) is 0 Å². The van der Waals surface area contributed by atoms with Gasteiger partial charge in [0.2, 0.25) is 0 Å². The number of H-pyrrole nitrogens is 1. The van der Waals surface area contributed by atoms with Crippen molar-refractivity contribution in [3.05, 3.63) is 35.0 Å². The van der Waals surface area contributed by atoms with E-state index in [0.717, 1.165) is 18.4 Å². The van der Waals surface area contributed by atoms with Crippen LogP contribution in [0.5, 0.6) is 0 Å². The summed E-state index contributed by atoms with van der Waals surface area (Å²) in [5, 5.41) is 1.43. The summed E-state index contributed by atoms with van der Waals surface area (Å²) in [4.78, 5) is 6.07. The van der Waals surface area contributed by atoms with Gasteiger partial charge in [-0.15, -0.1) is 0 Å². The third-order valence-electron chi connectivity index (χ3n) is 5.68. The topological polar surface area (TPSA) is 19.0 Å². The first-order valence-corrected chi connectivity index (χ1v) is 8.51. The van der Waals surface area contributed by atoms with Gasteiger partial charge in [0, 0.05) is 23.6 Å². The van der Waals surface area contributed by atoms with Gasteiger partial charge in [-0.1, -0.05) is 6.07 Å². The summed E-state index contributed by atoms with van der Waals surface area (Å²) in [6.07, 6.45) is 7.94. The van der Waals surface area contributed by atoms with E-state index in [9.17, 15) is 0 Å². The maximum absolute atomic E-state index is 3.40. The number of aromatic amines is 1. The van der Waals surface area contributed by atoms with Gasteiger partial charge in [-0.2, -0.15) is 0 Å². The van der Waals surface area contributed by atoms with E-state index in [1.165, 1.54) is 66.4 Å². The van der Waals surface area contributed by atoms with Crippen LogP contribution in [0, 0.1) is 25.7 Å². The number of likely N-dealkylation sites (tertiary alicyclic amines) is 1. The van der Waals surface area contributed by atoms with Gasteiger partial charge in [-0.05, 0) is 87.2 Å². The number of nitrogens with one attached hydrogen (secondary N) is 1. The van der Waals surface area contributed by atoms with Crippen molar-refractivity contribution >= 4 is 10.9 Å². The molecule has 0 radical (unpaired) electrons. The Morgan fingerprint density at radius 2 is 1.76 bits per heavy atom. The number of rotatable bonds is 3. The Morgan fingerprint density at radius 3 is 2.48 bits per heavy atom. The molecule has 0 bridgehead atoms. The molecule has 0 atom stereocenters. The molecule has 2 aromatic rings. The third-order valence-corrected chi connectivity index (χ3v) is 5.68. The number of nitrogens with zero attached hydrogens (tertiary/aromatic N) is 1. The van der Waals surface area contributed by atoms with Crippen molar-refractivity contribution in [3.8, 4) is 0 Å². The Kier molecular flexibility index (Phi) is 3.30. The fourth-order valence-electron chi connectivity index (χ4n) is 4.23. The van der Waals surface area contributed by atoms with Gasteiger partial charge >= 0.3 is 0 Å². The third kappa shape index (κ3) is 2.50.